The van der Waals surface area contributed by atoms with Gasteiger partial charge in [-0.2, -0.15) is 0 Å². The summed E-state index contributed by atoms with van der Waals surface area (Å²) in [7, 11) is 1.59. The highest BCUT2D eigenvalue weighted by Crippen LogP contribution is 2.37. The number of nitrogens with zero attached hydrogens (tertiary/aromatic N) is 1. The first kappa shape index (κ1) is 18.4. The number of hydrogen-bond acceptors (Lipinski definition) is 4. The molecule has 0 radical (unpaired) electrons. The van der Waals surface area contributed by atoms with E-state index in [1.165, 1.54) is 0 Å². The Bertz CT molecular complexity index is 707. The minimum atomic E-state index is -0.332. The van der Waals surface area contributed by atoms with Crippen molar-refractivity contribution in [3.8, 4) is 5.75 Å². The third-order valence-corrected chi connectivity index (χ3v) is 5.46. The van der Waals surface area contributed by atoms with Crippen molar-refractivity contribution in [3.05, 3.63) is 29.3 Å². The summed E-state index contributed by atoms with van der Waals surface area (Å²) in [4.78, 5) is 38.6. The number of carbonyl (C=O) groups excluding carboxylic acids is 3. The van der Waals surface area contributed by atoms with E-state index in [0.29, 0.717) is 5.75 Å². The molecule has 26 heavy (non-hydrogen) atoms. The Morgan fingerprint density at radius 1 is 1.23 bits per heavy atom. The smallest absolute Gasteiger partial charge is 0.240 e. The second-order valence-corrected chi connectivity index (χ2v) is 7.29. The van der Waals surface area contributed by atoms with Crippen LogP contribution < -0.4 is 10.1 Å². The first-order chi connectivity index (χ1) is 12.4. The summed E-state index contributed by atoms with van der Waals surface area (Å²) in [6.07, 6.45) is 3.46. The maximum absolute atomic E-state index is 12.5. The molecule has 0 aromatic heterocycles. The fourth-order valence-electron chi connectivity index (χ4n) is 4.09. The van der Waals surface area contributed by atoms with E-state index in [4.69, 9.17) is 4.74 Å². The van der Waals surface area contributed by atoms with Crippen LogP contribution in [0, 0.1) is 18.8 Å². The lowest BCUT2D eigenvalue weighted by Gasteiger charge is -2.20. The zero-order valence-corrected chi connectivity index (χ0v) is 15.6. The predicted octanol–water partition coefficient (Wildman–Crippen LogP) is 2.36. The quantitative estimate of drug-likeness (QED) is 0.820. The Kier molecular flexibility index (Phi) is 5.30. The molecule has 6 nitrogen and oxygen atoms in total. The van der Waals surface area contributed by atoms with E-state index in [-0.39, 0.29) is 42.1 Å². The van der Waals surface area contributed by atoms with Crippen LogP contribution in [0.4, 0.5) is 0 Å². The molecular formula is C20H26N2O4. The molecular weight excluding hydrogens is 332 g/mol. The molecule has 1 aromatic carbocycles. The van der Waals surface area contributed by atoms with Gasteiger partial charge in [0, 0.05) is 5.56 Å². The summed E-state index contributed by atoms with van der Waals surface area (Å²) in [5.74, 6) is -0.452. The highest BCUT2D eigenvalue weighted by Gasteiger charge is 2.48. The van der Waals surface area contributed by atoms with E-state index in [2.05, 4.69) is 5.32 Å². The maximum Gasteiger partial charge on any atom is 0.240 e. The lowest BCUT2D eigenvalue weighted by Crippen LogP contribution is -2.41. The van der Waals surface area contributed by atoms with Crippen LogP contribution in [0.1, 0.15) is 49.8 Å². The fourth-order valence-corrected chi connectivity index (χ4v) is 4.09. The first-order valence-electron chi connectivity index (χ1n) is 9.21. The molecule has 2 fully saturated rings. The minimum Gasteiger partial charge on any atom is -0.496 e. The van der Waals surface area contributed by atoms with Crippen molar-refractivity contribution in [1.82, 2.24) is 10.2 Å². The van der Waals surface area contributed by atoms with Crippen LogP contribution in [-0.2, 0) is 14.4 Å². The molecule has 1 aliphatic heterocycles. The van der Waals surface area contributed by atoms with Crippen molar-refractivity contribution < 1.29 is 19.1 Å². The number of methoxy groups -OCH3 is 1. The molecule has 1 N–H and O–H groups in total. The molecule has 0 unspecified atom stereocenters. The van der Waals surface area contributed by atoms with Crippen LogP contribution in [0.3, 0.4) is 0 Å². The van der Waals surface area contributed by atoms with Gasteiger partial charge in [0.2, 0.25) is 17.7 Å². The lowest BCUT2D eigenvalue weighted by atomic mass is 9.81. The largest absolute Gasteiger partial charge is 0.496 e. The van der Waals surface area contributed by atoms with Crippen molar-refractivity contribution >= 4 is 17.7 Å². The van der Waals surface area contributed by atoms with Crippen molar-refractivity contribution in [3.63, 3.8) is 0 Å². The fraction of sp³-hybridized carbons (Fsp3) is 0.550. The van der Waals surface area contributed by atoms with Gasteiger partial charge in [0.15, 0.2) is 0 Å². The first-order valence-corrected chi connectivity index (χ1v) is 9.21. The molecule has 1 aromatic rings. The van der Waals surface area contributed by atoms with Gasteiger partial charge >= 0.3 is 0 Å². The normalized spacial score (nSPS) is 23.6. The molecule has 0 bridgehead atoms. The molecule has 1 saturated carbocycles. The molecule has 0 spiro atoms. The highest BCUT2D eigenvalue weighted by atomic mass is 16.5. The number of carbonyl (C=O) groups is 3. The average Bonchev–Trinajstić information content (AvgIpc) is 2.87. The summed E-state index contributed by atoms with van der Waals surface area (Å²) < 4.78 is 5.36. The number of fused-ring (bicyclic) bond motifs is 1. The highest BCUT2D eigenvalue weighted by molar-refractivity contribution is 6.07. The number of amides is 3. The molecule has 6 heteroatoms. The van der Waals surface area contributed by atoms with E-state index in [1.807, 2.05) is 32.0 Å². The van der Waals surface area contributed by atoms with Crippen LogP contribution in [0.25, 0.3) is 0 Å². The number of nitrogens with one attached hydrogen (secondary N) is 1. The van der Waals surface area contributed by atoms with E-state index < -0.39 is 0 Å². The summed E-state index contributed by atoms with van der Waals surface area (Å²) >= 11 is 0. The second-order valence-electron chi connectivity index (χ2n) is 7.29. The van der Waals surface area contributed by atoms with Gasteiger partial charge < -0.3 is 10.1 Å². The Balaban J connectivity index is 1.66. The molecule has 140 valence electrons. The van der Waals surface area contributed by atoms with Gasteiger partial charge in [-0.15, -0.1) is 0 Å². The van der Waals surface area contributed by atoms with E-state index in [1.54, 1.807) is 7.11 Å². The number of hydrogen-bond donors (Lipinski definition) is 1. The van der Waals surface area contributed by atoms with Crippen LogP contribution in [0.15, 0.2) is 18.2 Å². The molecule has 1 aliphatic carbocycles. The summed E-state index contributed by atoms with van der Waals surface area (Å²) in [5, 5.41) is 2.88. The molecule has 3 rings (SSSR count). The monoisotopic (exact) mass is 358 g/mol. The maximum atomic E-state index is 12.5. The summed E-state index contributed by atoms with van der Waals surface area (Å²) in [5.41, 5.74) is 1.93. The third-order valence-electron chi connectivity index (χ3n) is 5.46. The van der Waals surface area contributed by atoms with Crippen LogP contribution in [-0.4, -0.2) is 36.3 Å². The molecule has 1 saturated heterocycles. The number of aryl methyl sites for hydroxylation is 1. The molecule has 3 atom stereocenters. The summed E-state index contributed by atoms with van der Waals surface area (Å²) in [6.45, 7) is 3.63. The number of benzene rings is 1. The van der Waals surface area contributed by atoms with Gasteiger partial charge in [0.1, 0.15) is 12.3 Å². The molecule has 1 heterocycles. The van der Waals surface area contributed by atoms with Gasteiger partial charge in [0.05, 0.1) is 25.0 Å². The lowest BCUT2D eigenvalue weighted by molar-refractivity contribution is -0.143. The zero-order chi connectivity index (χ0) is 18.8. The van der Waals surface area contributed by atoms with Gasteiger partial charge in [-0.25, -0.2) is 0 Å². The van der Waals surface area contributed by atoms with Crippen molar-refractivity contribution in [2.24, 2.45) is 11.8 Å². The predicted molar refractivity (Wildman–Crippen MR) is 96.5 cm³/mol. The van der Waals surface area contributed by atoms with Gasteiger partial charge in [-0.3, -0.25) is 19.3 Å². The van der Waals surface area contributed by atoms with Crippen LogP contribution in [0.2, 0.25) is 0 Å². The minimum absolute atomic E-state index is 0.185. The van der Waals surface area contributed by atoms with Crippen molar-refractivity contribution in [1.29, 1.82) is 0 Å². The van der Waals surface area contributed by atoms with E-state index in [9.17, 15) is 14.4 Å². The number of likely N-dealkylation sites (tertiary alicyclic amines) is 1. The van der Waals surface area contributed by atoms with Crippen LogP contribution in [0.5, 0.6) is 5.75 Å². The number of rotatable bonds is 5. The molecule has 3 amide bonds. The van der Waals surface area contributed by atoms with Crippen LogP contribution >= 0.6 is 0 Å². The standard InChI is InChI=1S/C20H26N2O4/c1-12-8-9-17(26-3)16(10-12)13(2)21-18(23)11-22-19(24)14-6-4-5-7-15(14)20(22)25/h8-10,13-15H,4-7,11H2,1-3H3,(H,21,23)/t13-,14+,15+/m0/s1. The third kappa shape index (κ3) is 3.45. The zero-order valence-electron chi connectivity index (χ0n) is 15.6. The number of ether oxygens (including phenoxy) is 1. The Labute approximate surface area is 153 Å². The van der Waals surface area contributed by atoms with E-state index >= 15 is 0 Å². The van der Waals surface area contributed by atoms with Crippen molar-refractivity contribution in [2.75, 3.05) is 13.7 Å². The Morgan fingerprint density at radius 3 is 2.42 bits per heavy atom. The average molecular weight is 358 g/mol. The Morgan fingerprint density at radius 2 is 1.85 bits per heavy atom. The van der Waals surface area contributed by atoms with Gasteiger partial charge in [0.25, 0.3) is 0 Å². The molecule has 2 aliphatic rings. The SMILES string of the molecule is COc1ccc(C)cc1[C@H](C)NC(=O)CN1C(=O)[C@@H]2CCCC[C@H]2C1=O. The number of imide groups is 1. The van der Waals surface area contributed by atoms with E-state index in [0.717, 1.165) is 41.7 Å². The second kappa shape index (κ2) is 7.48. The van der Waals surface area contributed by atoms with Crippen molar-refractivity contribution in [2.45, 2.75) is 45.6 Å². The van der Waals surface area contributed by atoms with Gasteiger partial charge in [-0.05, 0) is 32.8 Å². The van der Waals surface area contributed by atoms with Gasteiger partial charge in [-0.1, -0.05) is 30.5 Å². The Hall–Kier alpha value is -2.37. The summed E-state index contributed by atoms with van der Waals surface area (Å²) in [6, 6.07) is 5.49. The topological polar surface area (TPSA) is 75.7 Å².